The molecule has 1 fully saturated rings. The number of amides is 2. The lowest BCUT2D eigenvalue weighted by molar-refractivity contribution is -0.149. The number of aromatic amines is 1. The van der Waals surface area contributed by atoms with Crippen LogP contribution in [0.25, 0.3) is 11.0 Å². The smallest absolute Gasteiger partial charge is 0.372 e. The second-order valence-corrected chi connectivity index (χ2v) is 7.75. The number of hydrogen-bond acceptors (Lipinski definition) is 4. The second kappa shape index (κ2) is 7.75. The Labute approximate surface area is 183 Å². The Hall–Kier alpha value is -3.18. The number of nitrogens with one attached hydrogen (secondary N) is 2. The Morgan fingerprint density at radius 1 is 1.28 bits per heavy atom. The van der Waals surface area contributed by atoms with Gasteiger partial charge in [-0.25, -0.2) is 9.37 Å². The normalized spacial score (nSPS) is 19.1. The zero-order chi connectivity index (χ0) is 23.3. The molecule has 1 aliphatic heterocycles. The highest BCUT2D eigenvalue weighted by Gasteiger charge is 2.51. The van der Waals surface area contributed by atoms with Gasteiger partial charge >= 0.3 is 6.18 Å². The Balaban J connectivity index is 1.51. The van der Waals surface area contributed by atoms with E-state index in [1.807, 2.05) is 0 Å². The largest absolute Gasteiger partial charge is 0.449 e. The molecular formula is C20H15ClF4N4O3. The average molecular weight is 471 g/mol. The lowest BCUT2D eigenvalue weighted by atomic mass is 10.0. The number of hydrogen-bond donors (Lipinski definition) is 3. The number of H-pyrrole nitrogens is 1. The number of benzene rings is 2. The molecule has 32 heavy (non-hydrogen) atoms. The van der Waals surface area contributed by atoms with Gasteiger partial charge in [0.25, 0.3) is 11.8 Å². The zero-order valence-electron chi connectivity index (χ0n) is 16.1. The monoisotopic (exact) mass is 470 g/mol. The van der Waals surface area contributed by atoms with Crippen LogP contribution in [-0.2, 0) is 22.3 Å². The van der Waals surface area contributed by atoms with E-state index in [9.17, 15) is 32.3 Å². The van der Waals surface area contributed by atoms with Crippen LogP contribution in [0, 0.1) is 5.82 Å². The van der Waals surface area contributed by atoms with E-state index in [0.29, 0.717) is 5.56 Å². The van der Waals surface area contributed by atoms with Crippen molar-refractivity contribution in [3.63, 3.8) is 0 Å². The molecular weight excluding hydrogens is 456 g/mol. The maximum atomic E-state index is 13.4. The van der Waals surface area contributed by atoms with E-state index in [2.05, 4.69) is 15.3 Å². The fourth-order valence-electron chi connectivity index (χ4n) is 3.50. The molecule has 1 saturated heterocycles. The maximum absolute atomic E-state index is 13.4. The number of aromatic nitrogens is 2. The van der Waals surface area contributed by atoms with Gasteiger partial charge in [-0.1, -0.05) is 11.6 Å². The first kappa shape index (κ1) is 22.0. The predicted molar refractivity (Wildman–Crippen MR) is 106 cm³/mol. The van der Waals surface area contributed by atoms with E-state index in [4.69, 9.17) is 11.6 Å². The van der Waals surface area contributed by atoms with Crippen LogP contribution >= 0.6 is 11.6 Å². The third-order valence-corrected chi connectivity index (χ3v) is 5.31. The number of fused-ring (bicyclic) bond motifs is 1. The van der Waals surface area contributed by atoms with Crippen LogP contribution in [0.3, 0.4) is 0 Å². The number of aliphatic hydroxyl groups is 1. The van der Waals surface area contributed by atoms with Gasteiger partial charge in [-0.15, -0.1) is 0 Å². The minimum absolute atomic E-state index is 0.0414. The summed E-state index contributed by atoms with van der Waals surface area (Å²) in [7, 11) is 0. The molecule has 0 radical (unpaired) electrons. The summed E-state index contributed by atoms with van der Waals surface area (Å²) in [6.07, 6.45) is -4.90. The molecule has 12 heteroatoms. The molecule has 4 rings (SSSR count). The summed E-state index contributed by atoms with van der Waals surface area (Å²) < 4.78 is 52.0. The van der Waals surface area contributed by atoms with E-state index < -0.39 is 35.2 Å². The van der Waals surface area contributed by atoms with Crippen LogP contribution in [0.5, 0.6) is 0 Å². The second-order valence-electron chi connectivity index (χ2n) is 7.31. The van der Waals surface area contributed by atoms with Crippen molar-refractivity contribution in [1.82, 2.24) is 15.3 Å². The Kier molecular flexibility index (Phi) is 5.33. The molecule has 0 aliphatic carbocycles. The highest BCUT2D eigenvalue weighted by Crippen LogP contribution is 2.33. The van der Waals surface area contributed by atoms with Gasteiger partial charge in [0, 0.05) is 30.2 Å². The minimum Gasteiger partial charge on any atom is -0.372 e. The summed E-state index contributed by atoms with van der Waals surface area (Å²) in [4.78, 5) is 32.1. The summed E-state index contributed by atoms with van der Waals surface area (Å²) in [6.45, 7) is -0.216. The molecule has 1 aromatic heterocycles. The van der Waals surface area contributed by atoms with Gasteiger partial charge in [0.1, 0.15) is 5.82 Å². The predicted octanol–water partition coefficient (Wildman–Crippen LogP) is 3.16. The van der Waals surface area contributed by atoms with Crippen molar-refractivity contribution in [1.29, 1.82) is 0 Å². The topological polar surface area (TPSA) is 98.3 Å². The van der Waals surface area contributed by atoms with Crippen molar-refractivity contribution in [3.8, 4) is 0 Å². The quantitative estimate of drug-likeness (QED) is 0.403. The van der Waals surface area contributed by atoms with E-state index in [1.54, 1.807) is 0 Å². The van der Waals surface area contributed by atoms with Gasteiger partial charge < -0.3 is 20.3 Å². The number of carbonyl (C=O) groups is 2. The van der Waals surface area contributed by atoms with Crippen LogP contribution < -0.4 is 10.2 Å². The van der Waals surface area contributed by atoms with Crippen molar-refractivity contribution in [3.05, 3.63) is 58.6 Å². The van der Waals surface area contributed by atoms with Crippen LogP contribution in [0.1, 0.15) is 17.8 Å². The number of halogens is 5. The number of rotatable bonds is 4. The number of nitrogens with zero attached hydrogens (tertiary/aromatic N) is 2. The first-order valence-corrected chi connectivity index (χ1v) is 9.70. The summed E-state index contributed by atoms with van der Waals surface area (Å²) in [5.41, 5.74) is -1.75. The molecule has 0 bridgehead atoms. The van der Waals surface area contributed by atoms with E-state index in [0.717, 1.165) is 17.0 Å². The van der Waals surface area contributed by atoms with Crippen LogP contribution in [0.15, 0.2) is 36.4 Å². The van der Waals surface area contributed by atoms with Gasteiger partial charge in [0.2, 0.25) is 11.4 Å². The van der Waals surface area contributed by atoms with E-state index >= 15 is 0 Å². The molecule has 3 N–H and O–H groups in total. The molecule has 2 aromatic carbocycles. The van der Waals surface area contributed by atoms with Gasteiger partial charge in [-0.2, -0.15) is 13.2 Å². The summed E-state index contributed by atoms with van der Waals surface area (Å²) in [6, 6.07) is 7.62. The fourth-order valence-corrected chi connectivity index (χ4v) is 3.75. The lowest BCUT2D eigenvalue weighted by Crippen LogP contribution is -2.52. The van der Waals surface area contributed by atoms with Gasteiger partial charge in [0.05, 0.1) is 11.0 Å². The van der Waals surface area contributed by atoms with Crippen LogP contribution in [0.2, 0.25) is 5.02 Å². The van der Waals surface area contributed by atoms with Crippen molar-refractivity contribution in [2.75, 3.05) is 11.4 Å². The van der Waals surface area contributed by atoms with Crippen LogP contribution in [0.4, 0.5) is 23.2 Å². The molecule has 2 amide bonds. The number of imidazole rings is 1. The zero-order valence-corrected chi connectivity index (χ0v) is 16.9. The van der Waals surface area contributed by atoms with Crippen molar-refractivity contribution >= 4 is 40.1 Å². The highest BCUT2D eigenvalue weighted by molar-refractivity contribution is 6.30. The van der Waals surface area contributed by atoms with E-state index in [1.165, 1.54) is 24.3 Å². The number of carbonyl (C=O) groups excluding carboxylic acids is 2. The summed E-state index contributed by atoms with van der Waals surface area (Å²) in [5.74, 6) is -3.69. The molecule has 1 aliphatic rings. The van der Waals surface area contributed by atoms with Crippen molar-refractivity contribution < 1.29 is 32.3 Å². The Morgan fingerprint density at radius 3 is 2.72 bits per heavy atom. The maximum Gasteiger partial charge on any atom is 0.449 e. The Morgan fingerprint density at radius 2 is 2.03 bits per heavy atom. The molecule has 0 saturated carbocycles. The molecule has 3 aromatic rings. The molecule has 1 unspecified atom stereocenters. The first-order chi connectivity index (χ1) is 15.0. The standard InChI is InChI=1S/C20H15ClF4N4O3/c21-11-5-10(6-12(22)7-11)9-26-17(30)19(32)3-4-29(18(19)31)13-1-2-14-15(8-13)28-16(27-14)20(23,24)25/h1-2,5-8,32H,3-4,9H2,(H,26,30)(H,27,28). The summed E-state index contributed by atoms with van der Waals surface area (Å²) >= 11 is 5.77. The van der Waals surface area contributed by atoms with Gasteiger partial charge in [0.15, 0.2) is 0 Å². The van der Waals surface area contributed by atoms with Crippen LogP contribution in [-0.4, -0.2) is 39.0 Å². The summed E-state index contributed by atoms with van der Waals surface area (Å²) in [5, 5.41) is 13.2. The van der Waals surface area contributed by atoms with E-state index in [-0.39, 0.29) is 41.3 Å². The Bertz CT molecular complexity index is 1210. The van der Waals surface area contributed by atoms with Gasteiger partial charge in [-0.3, -0.25) is 9.59 Å². The third kappa shape index (κ3) is 4.00. The lowest BCUT2D eigenvalue weighted by Gasteiger charge is -2.22. The third-order valence-electron chi connectivity index (χ3n) is 5.09. The van der Waals surface area contributed by atoms with Crippen molar-refractivity contribution in [2.45, 2.75) is 24.7 Å². The fraction of sp³-hybridized carbons (Fsp3) is 0.250. The molecule has 0 spiro atoms. The number of alkyl halides is 3. The molecule has 1 atom stereocenters. The highest BCUT2D eigenvalue weighted by atomic mass is 35.5. The molecule has 168 valence electrons. The minimum atomic E-state index is -4.66. The molecule has 2 heterocycles. The average Bonchev–Trinajstić information content (AvgIpc) is 3.27. The first-order valence-electron chi connectivity index (χ1n) is 9.32. The van der Waals surface area contributed by atoms with Crippen molar-refractivity contribution in [2.24, 2.45) is 0 Å². The molecule has 7 nitrogen and oxygen atoms in total. The van der Waals surface area contributed by atoms with Gasteiger partial charge in [-0.05, 0) is 42.0 Å². The number of anilines is 1. The SMILES string of the molecule is O=C(NCc1cc(F)cc(Cl)c1)C1(O)CCN(c2ccc3nc(C(F)(F)F)[nH]c3c2)C1=O.